The number of anilines is 2. The smallest absolute Gasteiger partial charge is 0.319 e. The Labute approximate surface area is 210 Å². The summed E-state index contributed by atoms with van der Waals surface area (Å²) in [5.41, 5.74) is 1.44. The number of hydrogen-bond donors (Lipinski definition) is 6. The molecule has 1 fully saturated rings. The van der Waals surface area contributed by atoms with E-state index in [-0.39, 0.29) is 39.6 Å². The third kappa shape index (κ3) is 4.37. The molecule has 2 aliphatic heterocycles. The van der Waals surface area contributed by atoms with Gasteiger partial charge in [-0.2, -0.15) is 0 Å². The molecule has 1 saturated carbocycles. The summed E-state index contributed by atoms with van der Waals surface area (Å²) in [5.74, 6) is -1.82. The lowest BCUT2D eigenvalue weighted by Gasteiger charge is -2.52. The van der Waals surface area contributed by atoms with Crippen LogP contribution >= 0.6 is 0 Å². The monoisotopic (exact) mass is 504 g/mol. The molecule has 37 heavy (non-hydrogen) atoms. The highest BCUT2D eigenvalue weighted by Gasteiger charge is 2.48. The molecule has 0 radical (unpaired) electrons. The van der Waals surface area contributed by atoms with Gasteiger partial charge >= 0.3 is 12.1 Å². The van der Waals surface area contributed by atoms with Crippen molar-refractivity contribution in [3.8, 4) is 0 Å². The predicted molar refractivity (Wildman–Crippen MR) is 131 cm³/mol. The Kier molecular flexibility index (Phi) is 5.66. The van der Waals surface area contributed by atoms with Crippen molar-refractivity contribution in [2.75, 3.05) is 17.2 Å². The van der Waals surface area contributed by atoms with Gasteiger partial charge in [-0.3, -0.25) is 29.8 Å². The molecule has 3 aliphatic rings. The van der Waals surface area contributed by atoms with Crippen LogP contribution in [0.4, 0.5) is 21.0 Å². The first-order valence-electron chi connectivity index (χ1n) is 11.6. The standard InChI is InChI=1S/C25H24N6O6/c1-25(2)11(10-26-23(36)27-12-3-5-14-16(8-12)21(34)30-19(14)32)7-18(25)29-24(37)28-13-4-6-15-17(9-13)22(35)31-20(15)33/h3-6,8-9,11,18H,7,10H2,1-2H3,(H2,26,27,36)(H2,28,29,37)(H,30,32,34)(H,31,33,35)/t11-,18+/m0/s1. The van der Waals surface area contributed by atoms with Crippen molar-refractivity contribution in [1.82, 2.24) is 21.3 Å². The molecule has 0 spiro atoms. The van der Waals surface area contributed by atoms with Gasteiger partial charge in [0.1, 0.15) is 0 Å². The number of fused-ring (bicyclic) bond motifs is 2. The lowest BCUT2D eigenvalue weighted by atomic mass is 9.58. The molecule has 2 aromatic carbocycles. The van der Waals surface area contributed by atoms with Crippen LogP contribution in [0.5, 0.6) is 0 Å². The highest BCUT2D eigenvalue weighted by Crippen LogP contribution is 2.45. The summed E-state index contributed by atoms with van der Waals surface area (Å²) in [4.78, 5) is 71.9. The lowest BCUT2D eigenvalue weighted by Crippen LogP contribution is -2.61. The van der Waals surface area contributed by atoms with Gasteiger partial charge in [0.15, 0.2) is 0 Å². The maximum Gasteiger partial charge on any atom is 0.319 e. The van der Waals surface area contributed by atoms with Crippen molar-refractivity contribution in [2.45, 2.75) is 26.3 Å². The number of rotatable bonds is 5. The van der Waals surface area contributed by atoms with Gasteiger partial charge in [-0.1, -0.05) is 13.8 Å². The molecule has 2 aromatic rings. The zero-order valence-electron chi connectivity index (χ0n) is 20.0. The SMILES string of the molecule is CC1(C)[C@H](CNC(=O)Nc2ccc3c(c2)C(=O)NC3=O)C[C@H]1NC(=O)Nc1ccc2c(c1)C(=O)NC2=O. The average molecular weight is 505 g/mol. The molecule has 0 saturated heterocycles. The van der Waals surface area contributed by atoms with E-state index in [1.807, 2.05) is 13.8 Å². The van der Waals surface area contributed by atoms with Gasteiger partial charge in [-0.25, -0.2) is 9.59 Å². The van der Waals surface area contributed by atoms with Crippen LogP contribution in [0.15, 0.2) is 36.4 Å². The van der Waals surface area contributed by atoms with E-state index in [9.17, 15) is 28.8 Å². The van der Waals surface area contributed by atoms with Crippen molar-refractivity contribution in [3.05, 3.63) is 58.7 Å². The third-order valence-corrected chi connectivity index (χ3v) is 7.27. The van der Waals surface area contributed by atoms with Crippen molar-refractivity contribution in [3.63, 3.8) is 0 Å². The van der Waals surface area contributed by atoms with Gasteiger partial charge in [0, 0.05) is 24.0 Å². The molecule has 2 atom stereocenters. The number of imide groups is 2. The Morgan fingerprint density at radius 1 is 0.784 bits per heavy atom. The van der Waals surface area contributed by atoms with Crippen molar-refractivity contribution in [1.29, 1.82) is 0 Å². The molecule has 0 bridgehead atoms. The molecule has 2 heterocycles. The van der Waals surface area contributed by atoms with Crippen LogP contribution in [-0.4, -0.2) is 48.3 Å². The molecule has 190 valence electrons. The van der Waals surface area contributed by atoms with Crippen LogP contribution in [0.25, 0.3) is 0 Å². The number of carbonyl (C=O) groups is 6. The van der Waals surface area contributed by atoms with E-state index in [1.165, 1.54) is 24.3 Å². The minimum absolute atomic E-state index is 0.0988. The Morgan fingerprint density at radius 2 is 1.27 bits per heavy atom. The highest BCUT2D eigenvalue weighted by atomic mass is 16.2. The van der Waals surface area contributed by atoms with Gasteiger partial charge in [0.2, 0.25) is 0 Å². The number of amides is 8. The molecule has 8 amide bonds. The predicted octanol–water partition coefficient (Wildman–Crippen LogP) is 1.81. The van der Waals surface area contributed by atoms with E-state index in [0.29, 0.717) is 24.3 Å². The summed E-state index contributed by atoms with van der Waals surface area (Å²) < 4.78 is 0. The molecule has 12 nitrogen and oxygen atoms in total. The van der Waals surface area contributed by atoms with E-state index >= 15 is 0 Å². The largest absolute Gasteiger partial charge is 0.338 e. The molecular weight excluding hydrogens is 480 g/mol. The first-order valence-corrected chi connectivity index (χ1v) is 11.6. The van der Waals surface area contributed by atoms with E-state index in [2.05, 4.69) is 31.9 Å². The topological polar surface area (TPSA) is 175 Å². The van der Waals surface area contributed by atoms with Crippen molar-refractivity contribution in [2.24, 2.45) is 11.3 Å². The minimum atomic E-state index is -0.500. The summed E-state index contributed by atoms with van der Waals surface area (Å²) in [6, 6.07) is 7.95. The van der Waals surface area contributed by atoms with Gasteiger partial charge in [-0.05, 0) is 54.2 Å². The van der Waals surface area contributed by atoms with Gasteiger partial charge in [0.25, 0.3) is 23.6 Å². The fraction of sp³-hybridized carbons (Fsp3) is 0.280. The zero-order valence-corrected chi connectivity index (χ0v) is 20.0. The summed E-state index contributed by atoms with van der Waals surface area (Å²) in [7, 11) is 0. The van der Waals surface area contributed by atoms with Crippen LogP contribution < -0.4 is 31.9 Å². The zero-order chi connectivity index (χ0) is 26.5. The van der Waals surface area contributed by atoms with Crippen LogP contribution in [0.1, 0.15) is 61.7 Å². The van der Waals surface area contributed by atoms with Crippen LogP contribution in [0, 0.1) is 11.3 Å². The number of benzene rings is 2. The molecule has 5 rings (SSSR count). The molecule has 1 aliphatic carbocycles. The third-order valence-electron chi connectivity index (χ3n) is 7.27. The van der Waals surface area contributed by atoms with Crippen molar-refractivity contribution >= 4 is 47.1 Å². The normalized spacial score (nSPS) is 20.7. The van der Waals surface area contributed by atoms with Gasteiger partial charge < -0.3 is 21.3 Å². The number of carbonyl (C=O) groups excluding carboxylic acids is 6. The van der Waals surface area contributed by atoms with Gasteiger partial charge in [0.05, 0.1) is 22.3 Å². The Hall–Kier alpha value is -4.74. The van der Waals surface area contributed by atoms with Crippen LogP contribution in [0.2, 0.25) is 0 Å². The lowest BCUT2D eigenvalue weighted by molar-refractivity contribution is 0.0244. The van der Waals surface area contributed by atoms with Gasteiger partial charge in [-0.15, -0.1) is 0 Å². The Bertz CT molecular complexity index is 1400. The average Bonchev–Trinajstić information content (AvgIpc) is 3.29. The first-order chi connectivity index (χ1) is 17.5. The van der Waals surface area contributed by atoms with Crippen LogP contribution in [0.3, 0.4) is 0 Å². The second kappa shape index (κ2) is 8.73. The quantitative estimate of drug-likeness (QED) is 0.339. The first kappa shape index (κ1) is 24.0. The van der Waals surface area contributed by atoms with E-state index in [1.54, 1.807) is 12.1 Å². The fourth-order valence-corrected chi connectivity index (χ4v) is 4.82. The summed E-state index contributed by atoms with van der Waals surface area (Å²) in [5, 5.41) is 15.5. The highest BCUT2D eigenvalue weighted by molar-refractivity contribution is 6.22. The molecule has 0 unspecified atom stereocenters. The van der Waals surface area contributed by atoms with Crippen LogP contribution in [-0.2, 0) is 0 Å². The summed E-state index contributed by atoms with van der Waals surface area (Å²) in [6.45, 7) is 4.36. The maximum absolute atomic E-state index is 12.5. The fourth-order valence-electron chi connectivity index (χ4n) is 4.82. The molecular formula is C25H24N6O6. The summed E-state index contributed by atoms with van der Waals surface area (Å²) >= 11 is 0. The number of hydrogen-bond acceptors (Lipinski definition) is 6. The molecule has 0 aromatic heterocycles. The Morgan fingerprint density at radius 3 is 1.78 bits per heavy atom. The number of nitrogens with one attached hydrogen (secondary N) is 6. The second-order valence-electron chi connectivity index (χ2n) is 9.83. The second-order valence-corrected chi connectivity index (χ2v) is 9.83. The summed E-state index contributed by atoms with van der Waals surface area (Å²) in [6.07, 6.45) is 0.642. The van der Waals surface area contributed by atoms with E-state index in [0.717, 1.165) is 0 Å². The Balaban J connectivity index is 1.10. The molecule has 12 heteroatoms. The number of urea groups is 2. The molecule has 6 N–H and O–H groups in total. The van der Waals surface area contributed by atoms with Crippen molar-refractivity contribution < 1.29 is 28.8 Å². The van der Waals surface area contributed by atoms with E-state index in [4.69, 9.17) is 0 Å². The minimum Gasteiger partial charge on any atom is -0.338 e. The maximum atomic E-state index is 12.5. The van der Waals surface area contributed by atoms with E-state index < -0.39 is 35.7 Å².